The van der Waals surface area contributed by atoms with Crippen molar-refractivity contribution < 1.29 is 4.79 Å². The zero-order valence-corrected chi connectivity index (χ0v) is 24.2. The van der Waals surface area contributed by atoms with E-state index in [0.29, 0.717) is 26.7 Å². The monoisotopic (exact) mass is 586 g/mol. The van der Waals surface area contributed by atoms with E-state index in [-0.39, 0.29) is 0 Å². The van der Waals surface area contributed by atoms with Gasteiger partial charge >= 0.3 is 0 Å². The molecule has 0 spiro atoms. The molecule has 0 saturated carbocycles. The van der Waals surface area contributed by atoms with Crippen LogP contribution in [0.4, 0.5) is 22.7 Å². The van der Waals surface area contributed by atoms with Crippen LogP contribution in [0.15, 0.2) is 94.7 Å². The highest BCUT2D eigenvalue weighted by Crippen LogP contribution is 2.33. The Morgan fingerprint density at radius 3 is 1.58 bits per heavy atom. The minimum absolute atomic E-state index is 0.481. The Kier molecular flexibility index (Phi) is 13.2. The predicted octanol–water partition coefficient (Wildman–Crippen LogP) is 7.69. The average Bonchev–Trinajstić information content (AvgIpc) is 2.91. The summed E-state index contributed by atoms with van der Waals surface area (Å²) >= 11 is 15.5. The third-order valence-electron chi connectivity index (χ3n) is 5.18. The van der Waals surface area contributed by atoms with Gasteiger partial charge in [-0.2, -0.15) is 0 Å². The quantitative estimate of drug-likeness (QED) is 0.129. The van der Waals surface area contributed by atoms with Crippen molar-refractivity contribution in [2.24, 2.45) is 0 Å². The summed E-state index contributed by atoms with van der Waals surface area (Å²) in [5, 5.41) is 1.63. The molecule has 0 aromatic heterocycles. The molecule has 1 unspecified atom stereocenters. The number of para-hydroxylation sites is 2. The minimum atomic E-state index is 0.481. The molecule has 0 aliphatic rings. The molecule has 200 valence electrons. The molecule has 4 aromatic rings. The molecule has 8 N–H and O–H groups in total. The molecule has 4 aromatic carbocycles. The molecule has 0 fully saturated rings. The first-order valence-electron chi connectivity index (χ1n) is 11.6. The van der Waals surface area contributed by atoms with Gasteiger partial charge in [0.1, 0.15) is 6.79 Å². The van der Waals surface area contributed by atoms with E-state index in [1.54, 1.807) is 23.9 Å². The van der Waals surface area contributed by atoms with E-state index < -0.39 is 0 Å². The van der Waals surface area contributed by atoms with Crippen molar-refractivity contribution in [3.63, 3.8) is 0 Å². The van der Waals surface area contributed by atoms with Crippen LogP contribution in [0.3, 0.4) is 0 Å². The Labute approximate surface area is 243 Å². The Balaban J connectivity index is 0.000000252. The summed E-state index contributed by atoms with van der Waals surface area (Å²) in [5.74, 6) is 1.01. The third-order valence-corrected chi connectivity index (χ3v) is 8.59. The second kappa shape index (κ2) is 16.1. The number of carbonyl (C=O) groups excluding carboxylic acids is 1. The Morgan fingerprint density at radius 1 is 0.684 bits per heavy atom. The van der Waals surface area contributed by atoms with Crippen molar-refractivity contribution in [3.05, 3.63) is 106 Å². The zero-order chi connectivity index (χ0) is 28.1. The summed E-state index contributed by atoms with van der Waals surface area (Å²) in [4.78, 5) is 10.3. The van der Waals surface area contributed by atoms with E-state index in [1.807, 2.05) is 79.2 Å². The van der Waals surface area contributed by atoms with E-state index in [2.05, 4.69) is 19.1 Å². The Bertz CT molecular complexity index is 1270. The normalized spacial score (nSPS) is 10.9. The van der Waals surface area contributed by atoms with Crippen LogP contribution in [0, 0.1) is 0 Å². The highest BCUT2D eigenvalue weighted by atomic mass is 35.5. The van der Waals surface area contributed by atoms with E-state index in [1.165, 1.54) is 0 Å². The smallest absolute Gasteiger partial charge is 0.106 e. The SMILES string of the molecule is C=O.CC(CSc1ccccc1N)Sc1ccccc1N.Nc1ccc(Cc2ccc(N)c(Cl)c2)cc1Cl. The molecule has 9 heteroatoms. The molecule has 0 amide bonds. The molecule has 0 heterocycles. The van der Waals surface area contributed by atoms with Gasteiger partial charge in [-0.25, -0.2) is 0 Å². The molecular weight excluding hydrogens is 555 g/mol. The molecule has 1 atom stereocenters. The number of nitrogen functional groups attached to an aromatic ring is 4. The topological polar surface area (TPSA) is 121 Å². The lowest BCUT2D eigenvalue weighted by molar-refractivity contribution is -0.0979. The fraction of sp³-hybridized carbons (Fsp3) is 0.138. The summed E-state index contributed by atoms with van der Waals surface area (Å²) in [6.07, 6.45) is 0.750. The highest BCUT2D eigenvalue weighted by molar-refractivity contribution is 8.03. The number of nitrogens with two attached hydrogens (primary N) is 4. The van der Waals surface area contributed by atoms with Gasteiger partial charge in [-0.3, -0.25) is 0 Å². The maximum absolute atomic E-state index is 8.00. The lowest BCUT2D eigenvalue weighted by Gasteiger charge is -2.13. The fourth-order valence-electron chi connectivity index (χ4n) is 3.25. The molecule has 0 aliphatic heterocycles. The van der Waals surface area contributed by atoms with Crippen molar-refractivity contribution in [3.8, 4) is 0 Å². The van der Waals surface area contributed by atoms with Gasteiger partial charge in [-0.05, 0) is 66.1 Å². The molecule has 0 saturated heterocycles. The van der Waals surface area contributed by atoms with Crippen molar-refractivity contribution in [1.29, 1.82) is 0 Å². The van der Waals surface area contributed by atoms with E-state index in [9.17, 15) is 0 Å². The first kappa shape index (κ1) is 31.2. The molecule has 0 radical (unpaired) electrons. The standard InChI is InChI=1S/C15H18N2S2.C13H12Cl2N2.CH2O/c1-11(19-15-9-5-3-7-13(15)17)10-18-14-8-4-2-6-12(14)16;14-10-6-8(1-3-12(10)16)5-9-2-4-13(17)11(15)7-9;1-2/h2-9,11H,10,16-17H2,1H3;1-4,6-7H,5,16-17H2;1H2. The van der Waals surface area contributed by atoms with Gasteiger partial charge in [0, 0.05) is 32.2 Å². The maximum atomic E-state index is 8.00. The fourth-order valence-corrected chi connectivity index (χ4v) is 5.76. The average molecular weight is 588 g/mol. The summed E-state index contributed by atoms with van der Waals surface area (Å²) in [5.41, 5.74) is 28.3. The second-order valence-corrected chi connectivity index (χ2v) is 11.6. The minimum Gasteiger partial charge on any atom is -0.398 e. The number of benzene rings is 4. The van der Waals surface area contributed by atoms with Crippen molar-refractivity contribution in [2.75, 3.05) is 28.7 Å². The van der Waals surface area contributed by atoms with Crippen LogP contribution in [0.2, 0.25) is 10.0 Å². The number of hydrogen-bond donors (Lipinski definition) is 4. The number of hydrogen-bond acceptors (Lipinski definition) is 7. The van der Waals surface area contributed by atoms with Crippen molar-refractivity contribution in [1.82, 2.24) is 0 Å². The summed E-state index contributed by atoms with van der Waals surface area (Å²) in [6, 6.07) is 27.2. The summed E-state index contributed by atoms with van der Waals surface area (Å²) in [6.45, 7) is 4.21. The van der Waals surface area contributed by atoms with Gasteiger partial charge in [0.05, 0.1) is 21.4 Å². The van der Waals surface area contributed by atoms with Crippen molar-refractivity contribution >= 4 is 76.3 Å². The van der Waals surface area contributed by atoms with E-state index >= 15 is 0 Å². The van der Waals surface area contributed by atoms with Crippen LogP contribution in [0.1, 0.15) is 18.1 Å². The number of anilines is 4. The lowest BCUT2D eigenvalue weighted by Crippen LogP contribution is -2.01. The molecular formula is C29H32Cl2N4OS2. The molecule has 4 rings (SSSR count). The summed E-state index contributed by atoms with van der Waals surface area (Å²) in [7, 11) is 0. The van der Waals surface area contributed by atoms with Crippen LogP contribution < -0.4 is 22.9 Å². The van der Waals surface area contributed by atoms with E-state index in [0.717, 1.165) is 44.5 Å². The van der Waals surface area contributed by atoms with Crippen LogP contribution in [0.5, 0.6) is 0 Å². The Morgan fingerprint density at radius 2 is 1.13 bits per heavy atom. The van der Waals surface area contributed by atoms with Crippen molar-refractivity contribution in [2.45, 2.75) is 28.4 Å². The lowest BCUT2D eigenvalue weighted by atomic mass is 10.0. The van der Waals surface area contributed by atoms with Gasteiger partial charge in [0.2, 0.25) is 0 Å². The highest BCUT2D eigenvalue weighted by Gasteiger charge is 2.08. The number of halogens is 2. The van der Waals surface area contributed by atoms with Gasteiger partial charge < -0.3 is 27.7 Å². The van der Waals surface area contributed by atoms with E-state index in [4.69, 9.17) is 50.9 Å². The zero-order valence-electron chi connectivity index (χ0n) is 21.1. The number of thioether (sulfide) groups is 2. The number of rotatable bonds is 7. The number of carbonyl (C=O) groups is 1. The van der Waals surface area contributed by atoms with Crippen LogP contribution in [0.25, 0.3) is 0 Å². The van der Waals surface area contributed by atoms with Gasteiger partial charge in [-0.15, -0.1) is 23.5 Å². The van der Waals surface area contributed by atoms with Gasteiger partial charge in [-0.1, -0.05) is 66.5 Å². The molecule has 38 heavy (non-hydrogen) atoms. The molecule has 5 nitrogen and oxygen atoms in total. The third kappa shape index (κ3) is 10.1. The van der Waals surface area contributed by atoms with Gasteiger partial charge in [0.25, 0.3) is 0 Å². The maximum Gasteiger partial charge on any atom is 0.106 e. The molecule has 0 aliphatic carbocycles. The van der Waals surface area contributed by atoms with Crippen LogP contribution >= 0.6 is 46.7 Å². The first-order chi connectivity index (χ1) is 18.2. The first-order valence-corrected chi connectivity index (χ1v) is 14.2. The second-order valence-electron chi connectivity index (χ2n) is 8.20. The van der Waals surface area contributed by atoms with Crippen LogP contribution in [-0.4, -0.2) is 17.8 Å². The Hall–Kier alpha value is -2.97. The predicted molar refractivity (Wildman–Crippen MR) is 169 cm³/mol. The molecule has 0 bridgehead atoms. The van der Waals surface area contributed by atoms with Crippen LogP contribution in [-0.2, 0) is 11.2 Å². The summed E-state index contributed by atoms with van der Waals surface area (Å²) < 4.78 is 0. The van der Waals surface area contributed by atoms with Gasteiger partial charge in [0.15, 0.2) is 0 Å². The largest absolute Gasteiger partial charge is 0.398 e.